The molecule has 0 N–H and O–H groups in total. The summed E-state index contributed by atoms with van der Waals surface area (Å²) < 4.78 is 22.0. The molecule has 2 aromatic rings. The zero-order chi connectivity index (χ0) is 17.4. The molecule has 2 aliphatic rings. The van der Waals surface area contributed by atoms with E-state index in [2.05, 4.69) is 35.7 Å². The zero-order valence-electron chi connectivity index (χ0n) is 14.5. The first-order valence-electron chi connectivity index (χ1n) is 8.27. The first-order chi connectivity index (χ1) is 12.2. The van der Waals surface area contributed by atoms with Gasteiger partial charge in [-0.05, 0) is 53.6 Å². The summed E-state index contributed by atoms with van der Waals surface area (Å²) in [5, 5.41) is 0. The number of ether oxygens (including phenoxy) is 4. The predicted molar refractivity (Wildman–Crippen MR) is 94.6 cm³/mol. The van der Waals surface area contributed by atoms with E-state index in [1.54, 1.807) is 14.2 Å². The number of rotatable bonds is 4. The number of nitrogens with zero attached hydrogens (tertiary/aromatic N) is 1. The van der Waals surface area contributed by atoms with Crippen LogP contribution in [0.15, 0.2) is 43.1 Å². The summed E-state index contributed by atoms with van der Waals surface area (Å²) in [6.07, 6.45) is 2.83. The molecule has 2 aliphatic heterocycles. The second kappa shape index (κ2) is 6.24. The summed E-state index contributed by atoms with van der Waals surface area (Å²) in [6.45, 7) is 5.16. The van der Waals surface area contributed by atoms with Gasteiger partial charge in [0.25, 0.3) is 0 Å². The highest BCUT2D eigenvalue weighted by atomic mass is 16.7. The molecule has 2 aromatic carbocycles. The van der Waals surface area contributed by atoms with Crippen molar-refractivity contribution in [2.24, 2.45) is 0 Å². The van der Waals surface area contributed by atoms with Crippen LogP contribution >= 0.6 is 0 Å². The third kappa shape index (κ3) is 2.56. The highest BCUT2D eigenvalue weighted by Crippen LogP contribution is 2.43. The van der Waals surface area contributed by atoms with Crippen LogP contribution in [0.5, 0.6) is 23.0 Å². The minimum Gasteiger partial charge on any atom is -0.493 e. The Balaban J connectivity index is 1.84. The summed E-state index contributed by atoms with van der Waals surface area (Å²) >= 11 is 0. The van der Waals surface area contributed by atoms with Crippen molar-refractivity contribution in [1.82, 2.24) is 4.90 Å². The van der Waals surface area contributed by atoms with Crippen LogP contribution in [0.3, 0.4) is 0 Å². The van der Waals surface area contributed by atoms with E-state index in [1.165, 1.54) is 11.1 Å². The molecule has 1 atom stereocenters. The van der Waals surface area contributed by atoms with Crippen molar-refractivity contribution in [2.75, 3.05) is 27.6 Å². The quantitative estimate of drug-likeness (QED) is 0.852. The Morgan fingerprint density at radius 1 is 1.08 bits per heavy atom. The number of fused-ring (bicyclic) bond motifs is 2. The van der Waals surface area contributed by atoms with Crippen LogP contribution in [-0.2, 0) is 6.42 Å². The maximum atomic E-state index is 5.56. The SMILES string of the molecule is C=CN1CCc2cc(OC)c(OC)cc2C1c1ccc2c(c1)OCO2. The molecule has 5 nitrogen and oxygen atoms in total. The Morgan fingerprint density at radius 2 is 1.84 bits per heavy atom. The molecule has 5 heteroatoms. The molecule has 0 amide bonds. The van der Waals surface area contributed by atoms with Gasteiger partial charge in [-0.2, -0.15) is 0 Å². The van der Waals surface area contributed by atoms with Crippen LogP contribution in [-0.4, -0.2) is 32.5 Å². The number of hydrogen-bond donors (Lipinski definition) is 0. The van der Waals surface area contributed by atoms with Crippen molar-refractivity contribution < 1.29 is 18.9 Å². The van der Waals surface area contributed by atoms with Crippen molar-refractivity contribution in [1.29, 1.82) is 0 Å². The van der Waals surface area contributed by atoms with Crippen LogP contribution in [0, 0.1) is 0 Å². The highest BCUT2D eigenvalue weighted by molar-refractivity contribution is 5.54. The standard InChI is InChI=1S/C20H21NO4/c1-4-21-8-7-13-9-17(22-2)18(23-3)11-15(13)20(21)14-5-6-16-19(10-14)25-12-24-16/h4-6,9-11,20H,1,7-8,12H2,2-3H3. The number of benzene rings is 2. The summed E-state index contributed by atoms with van der Waals surface area (Å²) in [4.78, 5) is 2.24. The molecule has 0 spiro atoms. The molecule has 4 rings (SSSR count). The third-order valence-electron chi connectivity index (χ3n) is 4.86. The topological polar surface area (TPSA) is 40.2 Å². The molecule has 0 bridgehead atoms. The normalized spacial score (nSPS) is 17.8. The minimum absolute atomic E-state index is 0.0514. The van der Waals surface area contributed by atoms with Crippen molar-refractivity contribution in [3.63, 3.8) is 0 Å². The average molecular weight is 339 g/mol. The van der Waals surface area contributed by atoms with E-state index in [0.717, 1.165) is 41.5 Å². The lowest BCUT2D eigenvalue weighted by Gasteiger charge is -2.37. The van der Waals surface area contributed by atoms with Crippen molar-refractivity contribution >= 4 is 0 Å². The summed E-state index contributed by atoms with van der Waals surface area (Å²) in [6, 6.07) is 10.3. The molecular weight excluding hydrogens is 318 g/mol. The van der Waals surface area contributed by atoms with Crippen LogP contribution < -0.4 is 18.9 Å². The van der Waals surface area contributed by atoms with Crippen molar-refractivity contribution in [2.45, 2.75) is 12.5 Å². The number of hydrogen-bond acceptors (Lipinski definition) is 5. The molecule has 0 fully saturated rings. The molecule has 0 radical (unpaired) electrons. The fraction of sp³-hybridized carbons (Fsp3) is 0.300. The summed E-state index contributed by atoms with van der Waals surface area (Å²) in [5.41, 5.74) is 3.60. The van der Waals surface area contributed by atoms with Crippen LogP contribution in [0.2, 0.25) is 0 Å². The van der Waals surface area contributed by atoms with Crippen molar-refractivity contribution in [3.05, 3.63) is 59.8 Å². The Labute approximate surface area is 147 Å². The molecular formula is C20H21NO4. The van der Waals surface area contributed by atoms with E-state index >= 15 is 0 Å². The minimum atomic E-state index is 0.0514. The van der Waals surface area contributed by atoms with Gasteiger partial charge in [-0.15, -0.1) is 0 Å². The molecule has 0 aliphatic carbocycles. The number of methoxy groups -OCH3 is 2. The Kier molecular flexibility index (Phi) is 3.92. The fourth-order valence-corrected chi connectivity index (χ4v) is 3.62. The Hall–Kier alpha value is -2.82. The summed E-state index contributed by atoms with van der Waals surface area (Å²) in [5.74, 6) is 3.07. The first-order valence-corrected chi connectivity index (χ1v) is 8.27. The second-order valence-electron chi connectivity index (χ2n) is 6.09. The molecule has 2 heterocycles. The van der Waals surface area contributed by atoms with Gasteiger partial charge >= 0.3 is 0 Å². The van der Waals surface area contributed by atoms with E-state index < -0.39 is 0 Å². The molecule has 0 aromatic heterocycles. The maximum absolute atomic E-state index is 5.56. The van der Waals surface area contributed by atoms with E-state index in [4.69, 9.17) is 18.9 Å². The van der Waals surface area contributed by atoms with Crippen LogP contribution in [0.25, 0.3) is 0 Å². The van der Waals surface area contributed by atoms with Gasteiger partial charge in [-0.3, -0.25) is 0 Å². The van der Waals surface area contributed by atoms with Crippen LogP contribution in [0.1, 0.15) is 22.7 Å². The molecule has 0 saturated carbocycles. The Morgan fingerprint density at radius 3 is 2.60 bits per heavy atom. The lowest BCUT2D eigenvalue weighted by molar-refractivity contribution is 0.174. The predicted octanol–water partition coefficient (Wildman–Crippen LogP) is 3.52. The van der Waals surface area contributed by atoms with E-state index in [0.29, 0.717) is 0 Å². The van der Waals surface area contributed by atoms with Gasteiger partial charge in [0.1, 0.15) is 0 Å². The molecule has 130 valence electrons. The lowest BCUT2D eigenvalue weighted by Crippen LogP contribution is -2.32. The van der Waals surface area contributed by atoms with Gasteiger partial charge in [0.15, 0.2) is 23.0 Å². The largest absolute Gasteiger partial charge is 0.493 e. The van der Waals surface area contributed by atoms with E-state index in [-0.39, 0.29) is 12.8 Å². The lowest BCUT2D eigenvalue weighted by atomic mass is 9.87. The van der Waals surface area contributed by atoms with Gasteiger partial charge in [-0.25, -0.2) is 0 Å². The maximum Gasteiger partial charge on any atom is 0.231 e. The first kappa shape index (κ1) is 15.7. The van der Waals surface area contributed by atoms with Gasteiger partial charge < -0.3 is 23.8 Å². The smallest absolute Gasteiger partial charge is 0.231 e. The van der Waals surface area contributed by atoms with Gasteiger partial charge in [0, 0.05) is 6.54 Å². The summed E-state index contributed by atoms with van der Waals surface area (Å²) in [7, 11) is 3.33. The fourth-order valence-electron chi connectivity index (χ4n) is 3.62. The molecule has 0 saturated heterocycles. The average Bonchev–Trinajstić information content (AvgIpc) is 3.13. The van der Waals surface area contributed by atoms with Gasteiger partial charge in [0.05, 0.1) is 20.3 Å². The zero-order valence-corrected chi connectivity index (χ0v) is 14.5. The van der Waals surface area contributed by atoms with E-state index in [9.17, 15) is 0 Å². The van der Waals surface area contributed by atoms with Gasteiger partial charge in [-0.1, -0.05) is 12.6 Å². The second-order valence-corrected chi connectivity index (χ2v) is 6.09. The van der Waals surface area contributed by atoms with Crippen molar-refractivity contribution in [3.8, 4) is 23.0 Å². The molecule has 1 unspecified atom stereocenters. The van der Waals surface area contributed by atoms with Gasteiger partial charge in [0.2, 0.25) is 6.79 Å². The third-order valence-corrected chi connectivity index (χ3v) is 4.86. The van der Waals surface area contributed by atoms with Crippen LogP contribution in [0.4, 0.5) is 0 Å². The highest BCUT2D eigenvalue weighted by Gasteiger charge is 2.29. The Bertz CT molecular complexity index is 818. The molecule has 25 heavy (non-hydrogen) atoms. The monoisotopic (exact) mass is 339 g/mol. The van der Waals surface area contributed by atoms with E-state index in [1.807, 2.05) is 12.3 Å².